The van der Waals surface area contributed by atoms with E-state index in [1.54, 1.807) is 6.21 Å². The van der Waals surface area contributed by atoms with Crippen LogP contribution in [-0.4, -0.2) is 16.3 Å². The molecule has 0 spiro atoms. The summed E-state index contributed by atoms with van der Waals surface area (Å²) in [5.41, 5.74) is 5.91. The van der Waals surface area contributed by atoms with Crippen LogP contribution in [0, 0.1) is 17.4 Å². The van der Waals surface area contributed by atoms with E-state index in [4.69, 9.17) is 4.42 Å². The molecule has 0 atom stereocenters. The summed E-state index contributed by atoms with van der Waals surface area (Å²) < 4.78 is 6.95. The van der Waals surface area contributed by atoms with Gasteiger partial charge in [0, 0.05) is 20.9 Å². The number of rotatable bonds is 3. The lowest BCUT2D eigenvalue weighted by Crippen LogP contribution is -1.88. The lowest BCUT2D eigenvalue weighted by molar-refractivity contribution is 0.470. The van der Waals surface area contributed by atoms with Gasteiger partial charge in [-0.05, 0) is 90.0 Å². The number of hydrogen-bond acceptors (Lipinski definition) is 4. The lowest BCUT2D eigenvalue weighted by Gasteiger charge is -2.04. The summed E-state index contributed by atoms with van der Waals surface area (Å²) in [7, 11) is 0. The molecular formula is C22H17IN2O2. The largest absolute Gasteiger partial charge is 0.507 e. The molecule has 0 aliphatic rings. The van der Waals surface area contributed by atoms with E-state index in [1.807, 2.05) is 68.4 Å². The van der Waals surface area contributed by atoms with Crippen molar-refractivity contribution in [3.8, 4) is 17.2 Å². The van der Waals surface area contributed by atoms with Crippen LogP contribution in [0.3, 0.4) is 0 Å². The Morgan fingerprint density at radius 2 is 1.93 bits per heavy atom. The summed E-state index contributed by atoms with van der Waals surface area (Å²) in [5.74, 6) is 0.824. The molecule has 0 radical (unpaired) electrons. The standard InChI is InChI=1S/C22H17IN2O2/c1-13-6-7-19-20(8-13)27-22(25-19)15-4-3-5-18(11-15)24-12-16-10-17(23)9-14(2)21(16)26/h3-12,26H,1-2H3. The fourth-order valence-electron chi connectivity index (χ4n) is 2.88. The van der Waals surface area contributed by atoms with Crippen LogP contribution in [0.15, 0.2) is 64.0 Å². The minimum atomic E-state index is 0.254. The first kappa shape index (κ1) is 17.7. The van der Waals surface area contributed by atoms with Gasteiger partial charge in [-0.2, -0.15) is 0 Å². The average molecular weight is 468 g/mol. The Kier molecular flexibility index (Phi) is 4.70. The summed E-state index contributed by atoms with van der Waals surface area (Å²) in [5, 5.41) is 10.2. The quantitative estimate of drug-likeness (QED) is 0.289. The summed E-state index contributed by atoms with van der Waals surface area (Å²) in [6.45, 7) is 3.91. The fraction of sp³-hybridized carbons (Fsp3) is 0.0909. The van der Waals surface area contributed by atoms with Crippen molar-refractivity contribution in [2.45, 2.75) is 13.8 Å². The van der Waals surface area contributed by atoms with E-state index in [-0.39, 0.29) is 5.75 Å². The molecule has 134 valence electrons. The van der Waals surface area contributed by atoms with Crippen molar-refractivity contribution in [3.63, 3.8) is 0 Å². The van der Waals surface area contributed by atoms with E-state index in [2.05, 4.69) is 32.6 Å². The second-order valence-corrected chi connectivity index (χ2v) is 7.70. The van der Waals surface area contributed by atoms with E-state index in [0.29, 0.717) is 11.5 Å². The number of phenols is 1. The highest BCUT2D eigenvalue weighted by atomic mass is 127. The summed E-state index contributed by atoms with van der Waals surface area (Å²) in [4.78, 5) is 9.08. The van der Waals surface area contributed by atoms with Gasteiger partial charge in [0.2, 0.25) is 5.89 Å². The van der Waals surface area contributed by atoms with E-state index in [9.17, 15) is 5.11 Å². The molecule has 1 aromatic heterocycles. The molecule has 5 heteroatoms. The molecule has 1 heterocycles. The number of phenolic OH excluding ortho intramolecular Hbond substituents is 1. The zero-order valence-electron chi connectivity index (χ0n) is 14.9. The molecule has 1 N–H and O–H groups in total. The maximum absolute atomic E-state index is 10.2. The molecule has 4 nitrogen and oxygen atoms in total. The molecule has 4 rings (SSSR count). The molecule has 0 fully saturated rings. The smallest absolute Gasteiger partial charge is 0.227 e. The molecule has 3 aromatic carbocycles. The Morgan fingerprint density at radius 3 is 2.78 bits per heavy atom. The van der Waals surface area contributed by atoms with Crippen molar-refractivity contribution in [2.24, 2.45) is 4.99 Å². The van der Waals surface area contributed by atoms with Crippen LogP contribution in [0.4, 0.5) is 5.69 Å². The van der Waals surface area contributed by atoms with Crippen molar-refractivity contribution in [3.05, 3.63) is 74.9 Å². The number of aryl methyl sites for hydroxylation is 2. The molecular weight excluding hydrogens is 451 g/mol. The number of nitrogens with zero attached hydrogens (tertiary/aromatic N) is 2. The van der Waals surface area contributed by atoms with Crippen molar-refractivity contribution < 1.29 is 9.52 Å². The number of fused-ring (bicyclic) bond motifs is 1. The van der Waals surface area contributed by atoms with Gasteiger partial charge in [-0.3, -0.25) is 4.99 Å². The number of benzene rings is 3. The van der Waals surface area contributed by atoms with Crippen LogP contribution >= 0.6 is 22.6 Å². The van der Waals surface area contributed by atoms with Crippen LogP contribution in [-0.2, 0) is 0 Å². The minimum Gasteiger partial charge on any atom is -0.507 e. The highest BCUT2D eigenvalue weighted by Crippen LogP contribution is 2.28. The predicted molar refractivity (Wildman–Crippen MR) is 117 cm³/mol. The number of halogens is 1. The Hall–Kier alpha value is -2.67. The van der Waals surface area contributed by atoms with Gasteiger partial charge in [0.05, 0.1) is 5.69 Å². The maximum atomic E-state index is 10.2. The van der Waals surface area contributed by atoms with Gasteiger partial charge in [-0.25, -0.2) is 4.98 Å². The summed E-state index contributed by atoms with van der Waals surface area (Å²) >= 11 is 2.23. The zero-order chi connectivity index (χ0) is 19.0. The van der Waals surface area contributed by atoms with Crippen molar-refractivity contribution in [1.82, 2.24) is 4.98 Å². The number of aliphatic imine (C=N–C) groups is 1. The third-order valence-corrected chi connectivity index (χ3v) is 4.91. The molecule has 0 saturated carbocycles. The highest BCUT2D eigenvalue weighted by Gasteiger charge is 2.09. The second-order valence-electron chi connectivity index (χ2n) is 6.46. The zero-order valence-corrected chi connectivity index (χ0v) is 17.1. The van der Waals surface area contributed by atoms with Gasteiger partial charge in [-0.15, -0.1) is 0 Å². The van der Waals surface area contributed by atoms with Gasteiger partial charge >= 0.3 is 0 Å². The first-order valence-electron chi connectivity index (χ1n) is 8.50. The van der Waals surface area contributed by atoms with Crippen LogP contribution < -0.4 is 0 Å². The molecule has 0 unspecified atom stereocenters. The average Bonchev–Trinajstić information content (AvgIpc) is 3.07. The van der Waals surface area contributed by atoms with Crippen LogP contribution in [0.1, 0.15) is 16.7 Å². The lowest BCUT2D eigenvalue weighted by atomic mass is 10.1. The van der Waals surface area contributed by atoms with E-state index in [0.717, 1.165) is 37.0 Å². The summed E-state index contributed by atoms with van der Waals surface area (Å²) in [6, 6.07) is 17.5. The van der Waals surface area contributed by atoms with Crippen molar-refractivity contribution >= 4 is 45.6 Å². The highest BCUT2D eigenvalue weighted by molar-refractivity contribution is 14.1. The Labute approximate surface area is 170 Å². The molecule has 0 bridgehead atoms. The van der Waals surface area contributed by atoms with Crippen LogP contribution in [0.5, 0.6) is 5.75 Å². The monoisotopic (exact) mass is 468 g/mol. The van der Waals surface area contributed by atoms with Gasteiger partial charge in [0.1, 0.15) is 11.3 Å². The molecule has 0 saturated heterocycles. The SMILES string of the molecule is Cc1ccc2nc(-c3cccc(N=Cc4cc(I)cc(C)c4O)c3)oc2c1. The number of aromatic hydroxyl groups is 1. The Bertz CT molecular complexity index is 1180. The van der Waals surface area contributed by atoms with Gasteiger partial charge in [-0.1, -0.05) is 12.1 Å². The third kappa shape index (κ3) is 3.73. The van der Waals surface area contributed by atoms with E-state index < -0.39 is 0 Å². The normalized spacial score (nSPS) is 11.5. The minimum absolute atomic E-state index is 0.254. The second kappa shape index (κ2) is 7.15. The topological polar surface area (TPSA) is 58.6 Å². The summed E-state index contributed by atoms with van der Waals surface area (Å²) in [6.07, 6.45) is 1.68. The Balaban J connectivity index is 1.68. The van der Waals surface area contributed by atoms with E-state index in [1.165, 1.54) is 0 Å². The van der Waals surface area contributed by atoms with Crippen molar-refractivity contribution in [1.29, 1.82) is 0 Å². The molecule has 0 amide bonds. The third-order valence-electron chi connectivity index (χ3n) is 4.28. The maximum Gasteiger partial charge on any atom is 0.227 e. The molecule has 0 aliphatic carbocycles. The fourth-order valence-corrected chi connectivity index (χ4v) is 3.68. The predicted octanol–water partition coefficient (Wildman–Crippen LogP) is 6.17. The van der Waals surface area contributed by atoms with Gasteiger partial charge in [0.25, 0.3) is 0 Å². The molecule has 4 aromatic rings. The number of hydrogen-bond donors (Lipinski definition) is 1. The first-order valence-corrected chi connectivity index (χ1v) is 9.58. The van der Waals surface area contributed by atoms with Crippen molar-refractivity contribution in [2.75, 3.05) is 0 Å². The number of oxazole rings is 1. The molecule has 27 heavy (non-hydrogen) atoms. The van der Waals surface area contributed by atoms with Crippen LogP contribution in [0.2, 0.25) is 0 Å². The Morgan fingerprint density at radius 1 is 1.07 bits per heavy atom. The van der Waals surface area contributed by atoms with Gasteiger partial charge in [0.15, 0.2) is 5.58 Å². The van der Waals surface area contributed by atoms with Gasteiger partial charge < -0.3 is 9.52 Å². The number of aromatic nitrogens is 1. The molecule has 0 aliphatic heterocycles. The first-order chi connectivity index (χ1) is 13.0. The van der Waals surface area contributed by atoms with Crippen LogP contribution in [0.25, 0.3) is 22.6 Å². The van der Waals surface area contributed by atoms with E-state index >= 15 is 0 Å².